The number of benzene rings is 2. The van der Waals surface area contributed by atoms with Crippen molar-refractivity contribution in [3.8, 4) is 28.5 Å². The maximum Gasteiger partial charge on any atom is 0.224 e. The van der Waals surface area contributed by atoms with Gasteiger partial charge in [0.2, 0.25) is 5.91 Å². The molecule has 162 valence electrons. The van der Waals surface area contributed by atoms with Crippen LogP contribution in [-0.4, -0.2) is 33.2 Å². The highest BCUT2D eigenvalue weighted by molar-refractivity contribution is 5.91. The summed E-state index contributed by atoms with van der Waals surface area (Å²) in [6.07, 6.45) is 3.03. The third-order valence-corrected chi connectivity index (χ3v) is 5.42. The van der Waals surface area contributed by atoms with Crippen molar-refractivity contribution in [1.29, 1.82) is 0 Å². The number of carbonyl (C=O) groups is 1. The molecule has 1 aliphatic rings. The summed E-state index contributed by atoms with van der Waals surface area (Å²) in [7, 11) is 1.64. The molecule has 2 heterocycles. The zero-order chi connectivity index (χ0) is 21.9. The average molecular weight is 429 g/mol. The van der Waals surface area contributed by atoms with Gasteiger partial charge in [-0.1, -0.05) is 12.1 Å². The van der Waals surface area contributed by atoms with Crippen molar-refractivity contribution < 1.29 is 13.9 Å². The first-order valence-electron chi connectivity index (χ1n) is 10.6. The van der Waals surface area contributed by atoms with E-state index >= 15 is 0 Å². The third kappa shape index (κ3) is 4.39. The number of carbonyl (C=O) groups excluding carboxylic acids is 1. The molecular weight excluding hydrogens is 406 g/mol. The fourth-order valence-electron chi connectivity index (χ4n) is 3.57. The van der Waals surface area contributed by atoms with Crippen LogP contribution >= 0.6 is 0 Å². The highest BCUT2D eigenvalue weighted by atomic mass is 16.5. The molecule has 1 saturated carbocycles. The minimum atomic E-state index is -0.0775. The number of furan rings is 1. The van der Waals surface area contributed by atoms with E-state index in [0.29, 0.717) is 18.9 Å². The number of hydrogen-bond donors (Lipinski definition) is 1. The number of nitrogens with one attached hydrogen (secondary N) is 1. The second-order valence-electron chi connectivity index (χ2n) is 7.80. The van der Waals surface area contributed by atoms with Crippen LogP contribution in [0.5, 0.6) is 5.75 Å². The maximum atomic E-state index is 12.5. The van der Waals surface area contributed by atoms with Crippen molar-refractivity contribution in [1.82, 2.24) is 20.2 Å². The van der Waals surface area contributed by atoms with Crippen molar-refractivity contribution in [3.63, 3.8) is 0 Å². The molecule has 0 unspecified atom stereocenters. The molecule has 8 nitrogen and oxygen atoms in total. The molecule has 0 atom stereocenters. The number of anilines is 1. The van der Waals surface area contributed by atoms with Crippen LogP contribution in [0.25, 0.3) is 22.7 Å². The number of methoxy groups -OCH3 is 1. The first kappa shape index (κ1) is 20.0. The summed E-state index contributed by atoms with van der Waals surface area (Å²) in [6, 6.07) is 19.5. The zero-order valence-electron chi connectivity index (χ0n) is 17.7. The van der Waals surface area contributed by atoms with Crippen molar-refractivity contribution >= 4 is 11.6 Å². The summed E-state index contributed by atoms with van der Waals surface area (Å²) in [5.41, 5.74) is 2.57. The molecule has 5 rings (SSSR count). The summed E-state index contributed by atoms with van der Waals surface area (Å²) in [5, 5.41) is 15.0. The van der Waals surface area contributed by atoms with Gasteiger partial charge in [0.05, 0.1) is 13.2 Å². The Morgan fingerprint density at radius 3 is 2.75 bits per heavy atom. The van der Waals surface area contributed by atoms with Crippen LogP contribution in [0, 0.1) is 0 Å². The number of aryl methyl sites for hydroxylation is 1. The number of hydrogen-bond acceptors (Lipinski definition) is 6. The summed E-state index contributed by atoms with van der Waals surface area (Å²) < 4.78 is 13.0. The molecule has 2 aromatic carbocycles. The van der Waals surface area contributed by atoms with E-state index in [1.165, 1.54) is 0 Å². The molecule has 0 radical (unpaired) electrons. The summed E-state index contributed by atoms with van der Waals surface area (Å²) in [6.45, 7) is 0. The Labute approximate surface area is 185 Å². The second kappa shape index (κ2) is 8.66. The molecule has 0 aliphatic heterocycles. The molecule has 8 heteroatoms. The maximum absolute atomic E-state index is 12.5. The van der Waals surface area contributed by atoms with Gasteiger partial charge in [0.25, 0.3) is 0 Å². The molecule has 0 bridgehead atoms. The first-order chi connectivity index (χ1) is 15.7. The predicted molar refractivity (Wildman–Crippen MR) is 119 cm³/mol. The Balaban J connectivity index is 1.19. The van der Waals surface area contributed by atoms with Crippen molar-refractivity contribution in [3.05, 3.63) is 66.4 Å². The van der Waals surface area contributed by atoms with Crippen molar-refractivity contribution in [2.24, 2.45) is 0 Å². The summed E-state index contributed by atoms with van der Waals surface area (Å²) >= 11 is 0. The van der Waals surface area contributed by atoms with E-state index < -0.39 is 0 Å². The third-order valence-electron chi connectivity index (χ3n) is 5.42. The van der Waals surface area contributed by atoms with Crippen LogP contribution in [0.15, 0.2) is 65.1 Å². The predicted octanol–water partition coefficient (Wildman–Crippen LogP) is 4.51. The van der Waals surface area contributed by atoms with E-state index in [9.17, 15) is 4.79 Å². The fourth-order valence-corrected chi connectivity index (χ4v) is 3.57. The van der Waals surface area contributed by atoms with Crippen molar-refractivity contribution in [2.75, 3.05) is 12.4 Å². The molecule has 0 spiro atoms. The average Bonchev–Trinajstić information content (AvgIpc) is 3.35. The van der Waals surface area contributed by atoms with Gasteiger partial charge in [-0.15, -0.1) is 5.10 Å². The number of amides is 1. The molecule has 1 fully saturated rings. The van der Waals surface area contributed by atoms with Gasteiger partial charge < -0.3 is 14.5 Å². The Hall–Kier alpha value is -3.94. The van der Waals surface area contributed by atoms with E-state index in [-0.39, 0.29) is 5.91 Å². The number of aromatic nitrogens is 4. The molecule has 1 N–H and O–H groups in total. The lowest BCUT2D eigenvalue weighted by Gasteiger charge is -2.07. The van der Waals surface area contributed by atoms with E-state index in [1.807, 2.05) is 65.3 Å². The minimum Gasteiger partial charge on any atom is -0.497 e. The monoisotopic (exact) mass is 429 g/mol. The molecule has 0 saturated heterocycles. The SMILES string of the molecule is COc1ccc(-c2ccc(CCC(=O)Nc3cccc(-c4nnnn4C4CC4)c3)o2)cc1. The van der Waals surface area contributed by atoms with Gasteiger partial charge in [0, 0.05) is 29.7 Å². The lowest BCUT2D eigenvalue weighted by atomic mass is 10.1. The topological polar surface area (TPSA) is 95.1 Å². The normalized spacial score (nSPS) is 13.2. The van der Waals surface area contributed by atoms with E-state index in [2.05, 4.69) is 20.8 Å². The summed E-state index contributed by atoms with van der Waals surface area (Å²) in [5.74, 6) is 2.98. The van der Waals surface area contributed by atoms with Crippen LogP contribution in [0.1, 0.15) is 31.1 Å². The van der Waals surface area contributed by atoms with Gasteiger partial charge in [-0.05, 0) is 71.8 Å². The highest BCUT2D eigenvalue weighted by Gasteiger charge is 2.28. The van der Waals surface area contributed by atoms with Crippen LogP contribution in [0.2, 0.25) is 0 Å². The highest BCUT2D eigenvalue weighted by Crippen LogP contribution is 2.36. The van der Waals surface area contributed by atoms with Gasteiger partial charge >= 0.3 is 0 Å². The standard InChI is InChI=1S/C24H23N5O3/c1-31-20-9-5-16(6-10-20)22-13-11-21(32-22)12-14-23(30)25-18-4-2-3-17(15-18)24-26-27-28-29(24)19-7-8-19/h2-6,9-11,13,15,19H,7-8,12,14H2,1H3,(H,25,30). The number of nitrogens with zero attached hydrogens (tertiary/aromatic N) is 4. The number of tetrazole rings is 1. The fraction of sp³-hybridized carbons (Fsp3) is 0.250. The zero-order valence-corrected chi connectivity index (χ0v) is 17.7. The van der Waals surface area contributed by atoms with Gasteiger partial charge in [0.15, 0.2) is 5.82 Å². The van der Waals surface area contributed by atoms with E-state index in [4.69, 9.17) is 9.15 Å². The second-order valence-corrected chi connectivity index (χ2v) is 7.80. The number of ether oxygens (including phenoxy) is 1. The first-order valence-corrected chi connectivity index (χ1v) is 10.6. The minimum absolute atomic E-state index is 0.0775. The molecular formula is C24H23N5O3. The Morgan fingerprint density at radius 2 is 1.97 bits per heavy atom. The molecule has 1 aliphatic carbocycles. The van der Waals surface area contributed by atoms with Gasteiger partial charge in [-0.2, -0.15) is 0 Å². The summed E-state index contributed by atoms with van der Waals surface area (Å²) in [4.78, 5) is 12.5. The van der Waals surface area contributed by atoms with Gasteiger partial charge in [-0.25, -0.2) is 4.68 Å². The van der Waals surface area contributed by atoms with Gasteiger partial charge in [-0.3, -0.25) is 4.79 Å². The van der Waals surface area contributed by atoms with Crippen LogP contribution in [0.3, 0.4) is 0 Å². The van der Waals surface area contributed by atoms with Crippen molar-refractivity contribution in [2.45, 2.75) is 31.7 Å². The molecule has 32 heavy (non-hydrogen) atoms. The quantitative estimate of drug-likeness (QED) is 0.443. The Bertz CT molecular complexity index is 1220. The number of rotatable bonds is 8. The van der Waals surface area contributed by atoms with Gasteiger partial charge in [0.1, 0.15) is 17.3 Å². The van der Waals surface area contributed by atoms with Crippen LogP contribution in [0.4, 0.5) is 5.69 Å². The molecule has 2 aromatic heterocycles. The Morgan fingerprint density at radius 1 is 1.12 bits per heavy atom. The smallest absolute Gasteiger partial charge is 0.224 e. The Kier molecular flexibility index (Phi) is 5.41. The van der Waals surface area contributed by atoms with Crippen LogP contribution < -0.4 is 10.1 Å². The molecule has 1 amide bonds. The molecule has 4 aromatic rings. The lowest BCUT2D eigenvalue weighted by Crippen LogP contribution is -2.12. The van der Waals surface area contributed by atoms with Crippen LogP contribution in [-0.2, 0) is 11.2 Å². The largest absolute Gasteiger partial charge is 0.497 e. The van der Waals surface area contributed by atoms with E-state index in [1.54, 1.807) is 7.11 Å². The van der Waals surface area contributed by atoms with E-state index in [0.717, 1.165) is 52.8 Å². The lowest BCUT2D eigenvalue weighted by molar-refractivity contribution is -0.116.